The number of amides is 1. The lowest BCUT2D eigenvalue weighted by atomic mass is 10.3. The quantitative estimate of drug-likeness (QED) is 0.760. The molecule has 0 aliphatic carbocycles. The Bertz CT molecular complexity index is 474. The van der Waals surface area contributed by atoms with Crippen molar-refractivity contribution in [2.45, 2.75) is 13.0 Å². The molecule has 0 spiro atoms. The lowest BCUT2D eigenvalue weighted by Gasteiger charge is -2.26. The molecule has 1 saturated heterocycles. The van der Waals surface area contributed by atoms with Crippen molar-refractivity contribution in [3.8, 4) is 0 Å². The molecule has 0 bridgehead atoms. The second kappa shape index (κ2) is 7.32. The number of hydrogen-bond donors (Lipinski definition) is 2. The van der Waals surface area contributed by atoms with Crippen LogP contribution in [0.1, 0.15) is 10.5 Å². The van der Waals surface area contributed by atoms with Gasteiger partial charge in [0.1, 0.15) is 12.2 Å². The molecule has 0 radical (unpaired) electrons. The van der Waals surface area contributed by atoms with E-state index in [2.05, 4.69) is 15.3 Å². The zero-order valence-electron chi connectivity index (χ0n) is 11.6. The van der Waals surface area contributed by atoms with Crippen LogP contribution in [0.2, 0.25) is 0 Å². The molecule has 2 heterocycles. The summed E-state index contributed by atoms with van der Waals surface area (Å²) >= 11 is 0. The highest BCUT2D eigenvalue weighted by Crippen LogP contribution is 2.12. The summed E-state index contributed by atoms with van der Waals surface area (Å²) < 4.78 is 31.0. The number of nitrogen functional groups attached to an aromatic ring is 1. The first-order valence-corrected chi connectivity index (χ1v) is 6.75. The van der Waals surface area contributed by atoms with E-state index >= 15 is 0 Å². The Hall–Kier alpha value is -1.74. The van der Waals surface area contributed by atoms with E-state index in [0.717, 1.165) is 17.8 Å². The summed E-state index contributed by atoms with van der Waals surface area (Å²) in [4.78, 5) is 14.2. The second-order valence-electron chi connectivity index (χ2n) is 4.73. The maximum Gasteiger partial charge on any atom is 0.271 e. The van der Waals surface area contributed by atoms with E-state index in [4.69, 9.17) is 10.5 Å². The molecule has 0 atom stereocenters. The monoisotopic (exact) mass is 303 g/mol. The largest absolute Gasteiger partial charge is 0.396 e. The van der Waals surface area contributed by atoms with E-state index in [-0.39, 0.29) is 11.4 Å². The van der Waals surface area contributed by atoms with Gasteiger partial charge in [-0.15, -0.1) is 0 Å². The molecule has 2 rings (SSSR count). The van der Waals surface area contributed by atoms with Crippen molar-refractivity contribution >= 4 is 11.6 Å². The highest BCUT2D eigenvalue weighted by atomic mass is 19.3. The third kappa shape index (κ3) is 4.36. The summed E-state index contributed by atoms with van der Waals surface area (Å²) in [6.45, 7) is 3.45. The van der Waals surface area contributed by atoms with Crippen LogP contribution in [-0.2, 0) is 11.3 Å². The van der Waals surface area contributed by atoms with Gasteiger partial charge in [0.05, 0.1) is 25.1 Å². The first kappa shape index (κ1) is 15.6. The van der Waals surface area contributed by atoms with E-state index in [9.17, 15) is 13.6 Å². The third-order valence-corrected chi connectivity index (χ3v) is 3.21. The fourth-order valence-electron chi connectivity index (χ4n) is 2.15. The summed E-state index contributed by atoms with van der Waals surface area (Å²) in [5, 5.41) is 6.38. The summed E-state index contributed by atoms with van der Waals surface area (Å²) in [5.41, 5.74) is 5.70. The number of aromatic nitrogens is 2. The van der Waals surface area contributed by atoms with Crippen molar-refractivity contribution in [1.82, 2.24) is 20.0 Å². The van der Waals surface area contributed by atoms with Crippen LogP contribution < -0.4 is 11.1 Å². The van der Waals surface area contributed by atoms with Gasteiger partial charge < -0.3 is 15.8 Å². The van der Waals surface area contributed by atoms with E-state index in [0.29, 0.717) is 26.3 Å². The lowest BCUT2D eigenvalue weighted by molar-refractivity contribution is 0.0383. The average molecular weight is 303 g/mol. The van der Waals surface area contributed by atoms with Crippen molar-refractivity contribution in [1.29, 1.82) is 0 Å². The highest BCUT2D eigenvalue weighted by Gasteiger charge is 2.19. The van der Waals surface area contributed by atoms with Gasteiger partial charge in [-0.05, 0) is 0 Å². The van der Waals surface area contributed by atoms with Crippen molar-refractivity contribution in [2.24, 2.45) is 0 Å². The van der Waals surface area contributed by atoms with Gasteiger partial charge >= 0.3 is 0 Å². The predicted molar refractivity (Wildman–Crippen MR) is 72.2 cm³/mol. The molecule has 9 heteroatoms. The number of hydrogen-bond acceptors (Lipinski definition) is 5. The van der Waals surface area contributed by atoms with Crippen molar-refractivity contribution < 1.29 is 18.3 Å². The minimum Gasteiger partial charge on any atom is -0.396 e. The van der Waals surface area contributed by atoms with Gasteiger partial charge in [0.25, 0.3) is 12.3 Å². The van der Waals surface area contributed by atoms with Crippen LogP contribution in [-0.4, -0.2) is 66.4 Å². The molecular formula is C12H19F2N5O2. The number of morpholine rings is 1. The van der Waals surface area contributed by atoms with E-state index < -0.39 is 18.9 Å². The van der Waals surface area contributed by atoms with Gasteiger partial charge in [0, 0.05) is 26.2 Å². The van der Waals surface area contributed by atoms with E-state index in [1.165, 1.54) is 6.20 Å². The molecule has 1 aliphatic heterocycles. The molecule has 118 valence electrons. The van der Waals surface area contributed by atoms with Crippen LogP contribution >= 0.6 is 0 Å². The SMILES string of the molecule is Nc1cnn(CC(F)F)c1C(=O)NCCN1CCOCC1. The number of carbonyl (C=O) groups is 1. The number of carbonyl (C=O) groups excluding carboxylic acids is 1. The second-order valence-corrected chi connectivity index (χ2v) is 4.73. The molecule has 1 aromatic rings. The van der Waals surface area contributed by atoms with Gasteiger partial charge in [-0.2, -0.15) is 5.10 Å². The summed E-state index contributed by atoms with van der Waals surface area (Å²) in [6.07, 6.45) is -1.39. The zero-order valence-corrected chi connectivity index (χ0v) is 11.6. The number of nitrogens with two attached hydrogens (primary N) is 1. The molecule has 21 heavy (non-hydrogen) atoms. The zero-order chi connectivity index (χ0) is 15.2. The van der Waals surface area contributed by atoms with Gasteiger partial charge in [0.15, 0.2) is 0 Å². The van der Waals surface area contributed by atoms with E-state index in [1.54, 1.807) is 0 Å². The Kier molecular flexibility index (Phi) is 5.45. The number of nitrogens with zero attached hydrogens (tertiary/aromatic N) is 3. The summed E-state index contributed by atoms with van der Waals surface area (Å²) in [6, 6.07) is 0. The Morgan fingerprint density at radius 2 is 2.19 bits per heavy atom. The molecule has 3 N–H and O–H groups in total. The lowest BCUT2D eigenvalue weighted by Crippen LogP contribution is -2.41. The predicted octanol–water partition coefficient (Wildman–Crippen LogP) is -0.208. The number of nitrogens with one attached hydrogen (secondary N) is 1. The first-order chi connectivity index (χ1) is 10.1. The topological polar surface area (TPSA) is 85.4 Å². The first-order valence-electron chi connectivity index (χ1n) is 6.75. The number of rotatable bonds is 6. The normalized spacial score (nSPS) is 16.3. The average Bonchev–Trinajstić information content (AvgIpc) is 2.80. The number of halogens is 2. The Morgan fingerprint density at radius 1 is 1.48 bits per heavy atom. The number of ether oxygens (including phenoxy) is 1. The molecule has 1 fully saturated rings. The van der Waals surface area contributed by atoms with Gasteiger partial charge in [-0.25, -0.2) is 8.78 Å². The maximum absolute atomic E-state index is 12.4. The van der Waals surface area contributed by atoms with Crippen molar-refractivity contribution in [2.75, 3.05) is 45.1 Å². The highest BCUT2D eigenvalue weighted by molar-refractivity contribution is 5.97. The molecule has 1 aromatic heterocycles. The fourth-order valence-corrected chi connectivity index (χ4v) is 2.15. The van der Waals surface area contributed by atoms with Crippen LogP contribution in [0.3, 0.4) is 0 Å². The molecule has 7 nitrogen and oxygen atoms in total. The van der Waals surface area contributed by atoms with Gasteiger partial charge in [-0.3, -0.25) is 14.4 Å². The standard InChI is InChI=1S/C12H19F2N5O2/c13-10(14)8-19-11(9(15)7-17-19)12(20)16-1-2-18-3-5-21-6-4-18/h7,10H,1-6,8,15H2,(H,16,20). The van der Waals surface area contributed by atoms with E-state index in [1.807, 2.05) is 0 Å². The van der Waals surface area contributed by atoms with Gasteiger partial charge in [-0.1, -0.05) is 0 Å². The van der Waals surface area contributed by atoms with Crippen LogP contribution in [0.4, 0.5) is 14.5 Å². The molecule has 1 aliphatic rings. The number of anilines is 1. The molecule has 0 saturated carbocycles. The minimum absolute atomic E-state index is 0.0164. The van der Waals surface area contributed by atoms with Crippen LogP contribution in [0.25, 0.3) is 0 Å². The third-order valence-electron chi connectivity index (χ3n) is 3.21. The smallest absolute Gasteiger partial charge is 0.271 e. The van der Waals surface area contributed by atoms with Crippen molar-refractivity contribution in [3.05, 3.63) is 11.9 Å². The summed E-state index contributed by atoms with van der Waals surface area (Å²) in [7, 11) is 0. The minimum atomic E-state index is -2.59. The molecule has 1 amide bonds. The van der Waals surface area contributed by atoms with Crippen LogP contribution in [0, 0.1) is 0 Å². The fraction of sp³-hybridized carbons (Fsp3) is 0.667. The Morgan fingerprint density at radius 3 is 2.86 bits per heavy atom. The Labute approximate surface area is 121 Å². The number of alkyl halides is 2. The Balaban J connectivity index is 1.86. The van der Waals surface area contributed by atoms with Crippen molar-refractivity contribution in [3.63, 3.8) is 0 Å². The molecule has 0 unspecified atom stereocenters. The van der Waals surface area contributed by atoms with Crippen LogP contribution in [0.15, 0.2) is 6.20 Å². The van der Waals surface area contributed by atoms with Gasteiger partial charge in [0.2, 0.25) is 0 Å². The molecule has 0 aromatic carbocycles. The van der Waals surface area contributed by atoms with Crippen LogP contribution in [0.5, 0.6) is 0 Å². The molecular weight excluding hydrogens is 284 g/mol. The maximum atomic E-state index is 12.4. The summed E-state index contributed by atoms with van der Waals surface area (Å²) in [5.74, 6) is -0.487.